The number of aliphatic hydroxyl groups excluding tert-OH is 3. The van der Waals surface area contributed by atoms with E-state index in [1.54, 1.807) is 0 Å². The molecule has 1 fully saturated rings. The highest BCUT2D eigenvalue weighted by molar-refractivity contribution is 7.85. The molecule has 320 valence electrons. The average Bonchev–Trinajstić information content (AvgIpc) is 3.14. The van der Waals surface area contributed by atoms with Crippen molar-refractivity contribution in [3.63, 3.8) is 0 Å². The van der Waals surface area contributed by atoms with E-state index >= 15 is 0 Å². The maximum absolute atomic E-state index is 12.7. The van der Waals surface area contributed by atoms with Crippen molar-refractivity contribution in [3.05, 3.63) is 36.5 Å². The largest absolute Gasteiger partial charge is 0.462 e. The van der Waals surface area contributed by atoms with E-state index in [9.17, 15) is 37.9 Å². The van der Waals surface area contributed by atoms with Crippen LogP contribution in [-0.2, 0) is 38.7 Å². The molecule has 0 radical (unpaired) electrons. The summed E-state index contributed by atoms with van der Waals surface area (Å²) in [7, 11) is -4.60. The molecule has 0 amide bonds. The van der Waals surface area contributed by atoms with Crippen LogP contribution in [0.25, 0.3) is 0 Å². The Kier molecular flexibility index (Phi) is 30.4. The lowest BCUT2D eigenvalue weighted by molar-refractivity contribution is -0.297. The van der Waals surface area contributed by atoms with Gasteiger partial charge in [-0.15, -0.1) is 0 Å². The molecule has 1 saturated heterocycles. The molecule has 1 aliphatic heterocycles. The molecule has 0 spiro atoms. The highest BCUT2D eigenvalue weighted by Gasteiger charge is 2.46. The third kappa shape index (κ3) is 28.0. The van der Waals surface area contributed by atoms with E-state index in [-0.39, 0.29) is 19.4 Å². The van der Waals surface area contributed by atoms with E-state index in [2.05, 4.69) is 50.3 Å². The van der Waals surface area contributed by atoms with Crippen molar-refractivity contribution >= 4 is 22.1 Å². The van der Waals surface area contributed by atoms with Crippen LogP contribution in [0.2, 0.25) is 0 Å². The zero-order chi connectivity index (χ0) is 40.6. The molecule has 1 rings (SSSR count). The van der Waals surface area contributed by atoms with Crippen LogP contribution in [0.4, 0.5) is 0 Å². The van der Waals surface area contributed by atoms with Crippen molar-refractivity contribution in [2.24, 2.45) is 0 Å². The quantitative estimate of drug-likeness (QED) is 0.0214. The first kappa shape index (κ1) is 50.9. The number of carbonyl (C=O) groups excluding carboxylic acids is 2. The molecule has 13 heteroatoms. The van der Waals surface area contributed by atoms with Gasteiger partial charge in [0.15, 0.2) is 12.4 Å². The van der Waals surface area contributed by atoms with E-state index in [0.29, 0.717) is 12.8 Å². The normalized spacial score (nSPS) is 21.2. The Morgan fingerprint density at radius 3 is 1.65 bits per heavy atom. The molecular formula is C42H74O12S. The summed E-state index contributed by atoms with van der Waals surface area (Å²) in [6.45, 7) is 3.67. The van der Waals surface area contributed by atoms with Gasteiger partial charge in [0.05, 0.1) is 6.61 Å². The summed E-state index contributed by atoms with van der Waals surface area (Å²) < 4.78 is 53.9. The van der Waals surface area contributed by atoms with Gasteiger partial charge in [-0.05, 0) is 51.4 Å². The predicted octanol–water partition coefficient (Wildman–Crippen LogP) is 7.83. The van der Waals surface area contributed by atoms with Gasteiger partial charge in [-0.3, -0.25) is 14.1 Å². The zero-order valence-electron chi connectivity index (χ0n) is 33.8. The Bertz CT molecular complexity index is 1170. The van der Waals surface area contributed by atoms with Gasteiger partial charge in [-0.2, -0.15) is 8.42 Å². The minimum Gasteiger partial charge on any atom is -0.462 e. The fourth-order valence-corrected chi connectivity index (χ4v) is 6.84. The van der Waals surface area contributed by atoms with Crippen molar-refractivity contribution in [2.75, 3.05) is 19.0 Å². The van der Waals surface area contributed by atoms with E-state index in [1.807, 2.05) is 0 Å². The number of aliphatic hydroxyl groups is 3. The summed E-state index contributed by atoms with van der Waals surface area (Å²) in [5, 5.41) is 30.8. The lowest BCUT2D eigenvalue weighted by atomic mass is 10.00. The van der Waals surface area contributed by atoms with Crippen LogP contribution in [0, 0.1) is 0 Å². The van der Waals surface area contributed by atoms with Gasteiger partial charge in [0.2, 0.25) is 0 Å². The number of hydrogen-bond acceptors (Lipinski definition) is 11. The Balaban J connectivity index is 2.52. The van der Waals surface area contributed by atoms with Crippen molar-refractivity contribution in [2.45, 2.75) is 198 Å². The molecule has 55 heavy (non-hydrogen) atoms. The second-order valence-corrected chi connectivity index (χ2v) is 16.2. The summed E-state index contributed by atoms with van der Waals surface area (Å²) in [5.41, 5.74) is 0. The molecule has 1 aliphatic rings. The van der Waals surface area contributed by atoms with Crippen molar-refractivity contribution in [1.82, 2.24) is 0 Å². The Hall–Kier alpha value is -2.13. The predicted molar refractivity (Wildman–Crippen MR) is 215 cm³/mol. The molecule has 0 aromatic carbocycles. The second kappa shape index (κ2) is 32.9. The second-order valence-electron chi connectivity index (χ2n) is 14.7. The molecule has 0 aromatic rings. The fourth-order valence-electron chi connectivity index (χ4n) is 6.15. The number of esters is 2. The molecule has 12 nitrogen and oxygen atoms in total. The Morgan fingerprint density at radius 1 is 0.618 bits per heavy atom. The number of ether oxygens (including phenoxy) is 4. The number of rotatable bonds is 34. The molecule has 6 atom stereocenters. The monoisotopic (exact) mass is 802 g/mol. The SMILES string of the molecule is CCCCC/C=C/C/C=C/C/C=C/CCCCC(=O)OC[C@H](CO[C@H]1O[C@H](CS(=O)(=O)O)[C@@H](O)C(O)C1O)OC(=O)CCCCCCCCCCCCCC. The highest BCUT2D eigenvalue weighted by atomic mass is 32.2. The Labute approximate surface area is 331 Å². The van der Waals surface area contributed by atoms with Gasteiger partial charge in [-0.1, -0.05) is 134 Å². The molecular weight excluding hydrogens is 729 g/mol. The number of carbonyl (C=O) groups is 2. The summed E-state index contributed by atoms with van der Waals surface area (Å²) in [6.07, 6.45) is 26.3. The van der Waals surface area contributed by atoms with E-state index in [0.717, 1.165) is 51.4 Å². The standard InChI is InChI=1S/C42H74O12S/c1-3-5-7-9-11-13-15-17-18-19-21-22-24-26-28-30-37(43)51-32-35(33-52-42-41(47)40(46)39(45)36(54-42)34-55(48,49)50)53-38(44)31-29-27-25-23-20-16-14-12-10-8-6-4-2/h11,13,17-18,21-22,35-36,39-42,45-47H,3-10,12,14-16,19-20,23-34H2,1-2H3,(H,48,49,50)/b13-11+,18-17+,22-21+/t35-,36-,39-,40?,41?,42+/m1/s1. The third-order valence-electron chi connectivity index (χ3n) is 9.47. The maximum Gasteiger partial charge on any atom is 0.306 e. The molecule has 2 unspecified atom stereocenters. The van der Waals surface area contributed by atoms with Gasteiger partial charge in [-0.25, -0.2) is 0 Å². The lowest BCUT2D eigenvalue weighted by Gasteiger charge is -2.40. The molecule has 0 aliphatic carbocycles. The Morgan fingerprint density at radius 2 is 1.09 bits per heavy atom. The van der Waals surface area contributed by atoms with E-state index in [4.69, 9.17) is 18.9 Å². The lowest BCUT2D eigenvalue weighted by Crippen LogP contribution is -2.60. The van der Waals surface area contributed by atoms with E-state index in [1.165, 1.54) is 70.6 Å². The van der Waals surface area contributed by atoms with Gasteiger partial charge >= 0.3 is 11.9 Å². The van der Waals surface area contributed by atoms with Crippen LogP contribution in [-0.4, -0.2) is 96.0 Å². The van der Waals surface area contributed by atoms with Crippen molar-refractivity contribution in [3.8, 4) is 0 Å². The molecule has 0 aromatic heterocycles. The summed E-state index contributed by atoms with van der Waals surface area (Å²) >= 11 is 0. The highest BCUT2D eigenvalue weighted by Crippen LogP contribution is 2.24. The van der Waals surface area contributed by atoms with Crippen molar-refractivity contribution < 1.29 is 56.8 Å². The number of hydrogen-bond donors (Lipinski definition) is 4. The maximum atomic E-state index is 12.7. The molecule has 0 saturated carbocycles. The van der Waals surface area contributed by atoms with Gasteiger partial charge < -0.3 is 34.3 Å². The first-order valence-electron chi connectivity index (χ1n) is 21.0. The van der Waals surface area contributed by atoms with Gasteiger partial charge in [0, 0.05) is 12.8 Å². The first-order valence-corrected chi connectivity index (χ1v) is 22.7. The van der Waals surface area contributed by atoms with Crippen LogP contribution >= 0.6 is 0 Å². The van der Waals surface area contributed by atoms with E-state index < -0.39 is 71.2 Å². The van der Waals surface area contributed by atoms with Gasteiger partial charge in [0.25, 0.3) is 10.1 Å². The molecule has 0 bridgehead atoms. The molecule has 4 N–H and O–H groups in total. The average molecular weight is 803 g/mol. The summed E-state index contributed by atoms with van der Waals surface area (Å²) in [4.78, 5) is 25.3. The molecule has 1 heterocycles. The zero-order valence-corrected chi connectivity index (χ0v) is 34.6. The van der Waals surface area contributed by atoms with Crippen LogP contribution in [0.5, 0.6) is 0 Å². The summed E-state index contributed by atoms with van der Waals surface area (Å²) in [6, 6.07) is 0. The van der Waals surface area contributed by atoms with Crippen molar-refractivity contribution in [1.29, 1.82) is 0 Å². The smallest absolute Gasteiger partial charge is 0.306 e. The topological polar surface area (TPSA) is 186 Å². The van der Waals surface area contributed by atoms with Crippen LogP contribution < -0.4 is 0 Å². The number of allylic oxidation sites excluding steroid dienone is 6. The number of unbranched alkanes of at least 4 members (excludes halogenated alkanes) is 16. The third-order valence-corrected chi connectivity index (χ3v) is 10.2. The summed E-state index contributed by atoms with van der Waals surface area (Å²) in [5.74, 6) is -2.03. The van der Waals surface area contributed by atoms with Crippen LogP contribution in [0.15, 0.2) is 36.5 Å². The van der Waals surface area contributed by atoms with Crippen LogP contribution in [0.1, 0.15) is 162 Å². The minimum absolute atomic E-state index is 0.158. The first-order chi connectivity index (χ1) is 26.5. The van der Waals surface area contributed by atoms with Crippen LogP contribution in [0.3, 0.4) is 0 Å². The minimum atomic E-state index is -4.60. The van der Waals surface area contributed by atoms with Gasteiger partial charge in [0.1, 0.15) is 36.8 Å². The fraction of sp³-hybridized carbons (Fsp3) is 0.810.